The van der Waals surface area contributed by atoms with Crippen LogP contribution >= 0.6 is 0 Å². The molecule has 0 amide bonds. The van der Waals surface area contributed by atoms with E-state index in [4.69, 9.17) is 0 Å². The minimum atomic E-state index is -4.40. The van der Waals surface area contributed by atoms with Crippen molar-refractivity contribution in [1.29, 1.82) is 0 Å². The fourth-order valence-electron chi connectivity index (χ4n) is 1.99. The molecule has 0 aliphatic heterocycles. The number of alkyl halides is 3. The standard InChI is InChI=1S/C13H18F3NO2S/c1-12(2,20(4,18)19)11(17-3)9-5-7-10(8-6-9)13(14,15)16/h5-8,11,17H,1-4H3. The highest BCUT2D eigenvalue weighted by Crippen LogP contribution is 2.34. The molecule has 1 aromatic carbocycles. The fourth-order valence-corrected chi connectivity index (χ4v) is 2.68. The zero-order valence-electron chi connectivity index (χ0n) is 11.7. The normalized spacial score (nSPS) is 15.2. The molecule has 0 bridgehead atoms. The van der Waals surface area contributed by atoms with Gasteiger partial charge in [0, 0.05) is 6.26 Å². The molecular weight excluding hydrogens is 291 g/mol. The lowest BCUT2D eigenvalue weighted by atomic mass is 9.94. The predicted octanol–water partition coefficient (Wildman–Crippen LogP) is 2.79. The number of hydrogen-bond donors (Lipinski definition) is 1. The highest BCUT2D eigenvalue weighted by Gasteiger charge is 2.39. The van der Waals surface area contributed by atoms with Gasteiger partial charge in [-0.1, -0.05) is 12.1 Å². The van der Waals surface area contributed by atoms with Crippen LogP contribution < -0.4 is 5.32 Å². The largest absolute Gasteiger partial charge is 0.416 e. The van der Waals surface area contributed by atoms with Crippen LogP contribution in [0.5, 0.6) is 0 Å². The molecule has 114 valence electrons. The third-order valence-corrected chi connectivity index (χ3v) is 5.66. The molecule has 1 rings (SSSR count). The van der Waals surface area contributed by atoms with Crippen LogP contribution in [-0.2, 0) is 16.0 Å². The highest BCUT2D eigenvalue weighted by molar-refractivity contribution is 7.92. The smallest absolute Gasteiger partial charge is 0.312 e. The topological polar surface area (TPSA) is 46.2 Å². The van der Waals surface area contributed by atoms with E-state index in [2.05, 4.69) is 5.32 Å². The van der Waals surface area contributed by atoms with Crippen molar-refractivity contribution in [2.45, 2.75) is 30.8 Å². The van der Waals surface area contributed by atoms with E-state index < -0.39 is 32.4 Å². The first-order valence-corrected chi connectivity index (χ1v) is 7.84. The van der Waals surface area contributed by atoms with Gasteiger partial charge in [0.1, 0.15) is 0 Å². The summed E-state index contributed by atoms with van der Waals surface area (Å²) in [5, 5.41) is 2.86. The van der Waals surface area contributed by atoms with Gasteiger partial charge in [0.25, 0.3) is 0 Å². The van der Waals surface area contributed by atoms with E-state index in [9.17, 15) is 21.6 Å². The lowest BCUT2D eigenvalue weighted by Crippen LogP contribution is -2.43. The van der Waals surface area contributed by atoms with Gasteiger partial charge >= 0.3 is 6.18 Å². The molecular formula is C13H18F3NO2S. The maximum absolute atomic E-state index is 12.5. The molecule has 0 heterocycles. The molecule has 0 saturated carbocycles. The summed E-state index contributed by atoms with van der Waals surface area (Å²) in [5.41, 5.74) is -0.260. The first-order valence-electron chi connectivity index (χ1n) is 5.95. The van der Waals surface area contributed by atoms with E-state index in [1.807, 2.05) is 0 Å². The summed E-state index contributed by atoms with van der Waals surface area (Å²) in [4.78, 5) is 0. The van der Waals surface area contributed by atoms with E-state index in [1.54, 1.807) is 20.9 Å². The van der Waals surface area contributed by atoms with E-state index >= 15 is 0 Å². The Hall–Kier alpha value is -1.08. The molecule has 0 aliphatic rings. The van der Waals surface area contributed by atoms with Crippen molar-refractivity contribution in [3.8, 4) is 0 Å². The third kappa shape index (κ3) is 3.32. The van der Waals surface area contributed by atoms with Crippen LogP contribution in [0.4, 0.5) is 13.2 Å². The van der Waals surface area contributed by atoms with Gasteiger partial charge in [-0.25, -0.2) is 8.42 Å². The van der Waals surface area contributed by atoms with Gasteiger partial charge in [-0.3, -0.25) is 0 Å². The van der Waals surface area contributed by atoms with E-state index in [-0.39, 0.29) is 0 Å². The van der Waals surface area contributed by atoms with Gasteiger partial charge in [-0.05, 0) is 38.6 Å². The molecule has 3 nitrogen and oxygen atoms in total. The average molecular weight is 309 g/mol. The summed E-state index contributed by atoms with van der Waals surface area (Å²) in [6.07, 6.45) is -3.29. The maximum atomic E-state index is 12.5. The summed E-state index contributed by atoms with van der Waals surface area (Å²) in [7, 11) is -1.81. The Balaban J connectivity index is 3.22. The quantitative estimate of drug-likeness (QED) is 0.930. The number of rotatable bonds is 4. The SMILES string of the molecule is CNC(c1ccc(C(F)(F)F)cc1)C(C)(C)S(C)(=O)=O. The molecule has 1 N–H and O–H groups in total. The second kappa shape index (κ2) is 5.37. The van der Waals surface area contributed by atoms with E-state index in [1.165, 1.54) is 12.1 Å². The Morgan fingerprint density at radius 1 is 1.10 bits per heavy atom. The molecule has 0 aromatic heterocycles. The molecule has 1 unspecified atom stereocenters. The van der Waals surface area contributed by atoms with Crippen molar-refractivity contribution >= 4 is 9.84 Å². The number of halogens is 3. The van der Waals surface area contributed by atoms with Gasteiger partial charge in [-0.2, -0.15) is 13.2 Å². The van der Waals surface area contributed by atoms with Crippen molar-refractivity contribution in [3.63, 3.8) is 0 Å². The molecule has 0 saturated heterocycles. The Morgan fingerprint density at radius 3 is 1.85 bits per heavy atom. The lowest BCUT2D eigenvalue weighted by Gasteiger charge is -2.33. The minimum absolute atomic E-state index is 0.496. The lowest BCUT2D eigenvalue weighted by molar-refractivity contribution is -0.137. The van der Waals surface area contributed by atoms with Crippen LogP contribution in [0, 0.1) is 0 Å². The van der Waals surface area contributed by atoms with Crippen LogP contribution in [-0.4, -0.2) is 26.5 Å². The van der Waals surface area contributed by atoms with Crippen LogP contribution in [0.3, 0.4) is 0 Å². The molecule has 0 spiro atoms. The molecule has 1 aromatic rings. The fraction of sp³-hybridized carbons (Fsp3) is 0.538. The highest BCUT2D eigenvalue weighted by atomic mass is 32.2. The number of hydrogen-bond acceptors (Lipinski definition) is 3. The minimum Gasteiger partial charge on any atom is -0.312 e. The molecule has 0 fully saturated rings. The first kappa shape index (κ1) is 17.0. The molecule has 0 aliphatic carbocycles. The molecule has 1 atom stereocenters. The molecule has 0 radical (unpaired) electrons. The number of benzene rings is 1. The Morgan fingerprint density at radius 2 is 1.55 bits per heavy atom. The summed E-state index contributed by atoms with van der Waals surface area (Å²) in [6, 6.07) is 3.92. The summed E-state index contributed by atoms with van der Waals surface area (Å²) in [6.45, 7) is 3.09. The van der Waals surface area contributed by atoms with Crippen LogP contribution in [0.15, 0.2) is 24.3 Å². The van der Waals surface area contributed by atoms with Crippen molar-refractivity contribution < 1.29 is 21.6 Å². The molecule has 7 heteroatoms. The van der Waals surface area contributed by atoms with E-state index in [0.717, 1.165) is 18.4 Å². The summed E-state index contributed by atoms with van der Waals surface area (Å²) >= 11 is 0. The van der Waals surface area contributed by atoms with Crippen LogP contribution in [0.1, 0.15) is 31.0 Å². The second-order valence-corrected chi connectivity index (χ2v) is 7.81. The van der Waals surface area contributed by atoms with Gasteiger partial charge < -0.3 is 5.32 Å². The van der Waals surface area contributed by atoms with Crippen molar-refractivity contribution in [2.75, 3.05) is 13.3 Å². The average Bonchev–Trinajstić information content (AvgIpc) is 2.27. The van der Waals surface area contributed by atoms with Crippen LogP contribution in [0.25, 0.3) is 0 Å². The third-order valence-electron chi connectivity index (χ3n) is 3.51. The maximum Gasteiger partial charge on any atom is 0.416 e. The monoisotopic (exact) mass is 309 g/mol. The van der Waals surface area contributed by atoms with Crippen molar-refractivity contribution in [1.82, 2.24) is 5.32 Å². The molecule has 20 heavy (non-hydrogen) atoms. The van der Waals surface area contributed by atoms with Gasteiger partial charge in [0.2, 0.25) is 0 Å². The number of nitrogens with one attached hydrogen (secondary N) is 1. The number of sulfone groups is 1. The first-order chi connectivity index (χ1) is 8.91. The Kier molecular flexibility index (Phi) is 4.55. The zero-order valence-corrected chi connectivity index (χ0v) is 12.6. The second-order valence-electron chi connectivity index (χ2n) is 5.22. The summed E-state index contributed by atoms with van der Waals surface area (Å²) < 4.78 is 60.1. The Bertz CT molecular complexity index is 562. The zero-order chi connectivity index (χ0) is 15.8. The van der Waals surface area contributed by atoms with Crippen molar-refractivity contribution in [2.24, 2.45) is 0 Å². The Labute approximate surface area is 117 Å². The predicted molar refractivity (Wildman–Crippen MR) is 72.2 cm³/mol. The van der Waals surface area contributed by atoms with Crippen LogP contribution in [0.2, 0.25) is 0 Å². The van der Waals surface area contributed by atoms with Gasteiger partial charge in [-0.15, -0.1) is 0 Å². The van der Waals surface area contributed by atoms with Gasteiger partial charge in [0.05, 0.1) is 16.4 Å². The summed E-state index contributed by atoms with van der Waals surface area (Å²) in [5.74, 6) is 0. The van der Waals surface area contributed by atoms with Crippen molar-refractivity contribution in [3.05, 3.63) is 35.4 Å². The van der Waals surface area contributed by atoms with Gasteiger partial charge in [0.15, 0.2) is 9.84 Å². The van der Waals surface area contributed by atoms with E-state index in [0.29, 0.717) is 5.56 Å².